The summed E-state index contributed by atoms with van der Waals surface area (Å²) in [5.41, 5.74) is 1.13. The van der Waals surface area contributed by atoms with Gasteiger partial charge in [0.25, 0.3) is 0 Å². The zero-order chi connectivity index (χ0) is 18.9. The van der Waals surface area contributed by atoms with Gasteiger partial charge in [0, 0.05) is 37.4 Å². The fraction of sp³-hybridized carbons (Fsp3) is 0.600. The summed E-state index contributed by atoms with van der Waals surface area (Å²) in [6.45, 7) is 8.55. The molecular weight excluding hydrogens is 330 g/mol. The first-order valence-corrected chi connectivity index (χ1v) is 9.34. The Labute approximate surface area is 155 Å². The summed E-state index contributed by atoms with van der Waals surface area (Å²) in [5.74, 6) is -0.768. The molecule has 2 heterocycles. The zero-order valence-corrected chi connectivity index (χ0v) is 15.9. The fourth-order valence-electron chi connectivity index (χ4n) is 3.98. The molecule has 6 heteroatoms. The van der Waals surface area contributed by atoms with Gasteiger partial charge in [0.1, 0.15) is 0 Å². The number of benzene rings is 1. The lowest BCUT2D eigenvalue weighted by Gasteiger charge is -2.47. The van der Waals surface area contributed by atoms with E-state index in [-0.39, 0.29) is 11.6 Å². The van der Waals surface area contributed by atoms with Crippen LogP contribution in [-0.2, 0) is 11.2 Å². The molecule has 0 bridgehead atoms. The number of carboxylic acid groups (broad SMARTS) is 1. The highest BCUT2D eigenvalue weighted by Crippen LogP contribution is 2.33. The van der Waals surface area contributed by atoms with Crippen LogP contribution < -0.4 is 5.32 Å². The molecule has 2 aliphatic heterocycles. The molecule has 0 spiro atoms. The molecule has 3 rings (SSSR count). The smallest absolute Gasteiger partial charge is 0.322 e. The Morgan fingerprint density at radius 1 is 1.23 bits per heavy atom. The highest BCUT2D eigenvalue weighted by atomic mass is 16.4. The Morgan fingerprint density at radius 3 is 2.54 bits per heavy atom. The molecule has 26 heavy (non-hydrogen) atoms. The van der Waals surface area contributed by atoms with Crippen molar-refractivity contribution < 1.29 is 14.7 Å². The second-order valence-corrected chi connectivity index (χ2v) is 8.45. The van der Waals surface area contributed by atoms with Crippen LogP contribution in [0.3, 0.4) is 0 Å². The van der Waals surface area contributed by atoms with Crippen molar-refractivity contribution in [3.63, 3.8) is 0 Å². The minimum Gasteiger partial charge on any atom is -0.481 e. The number of nitrogens with one attached hydrogen (secondary N) is 1. The van der Waals surface area contributed by atoms with Crippen molar-refractivity contribution in [2.45, 2.75) is 45.6 Å². The lowest BCUT2D eigenvalue weighted by molar-refractivity contribution is -0.148. The minimum absolute atomic E-state index is 0.0308. The van der Waals surface area contributed by atoms with Gasteiger partial charge in [-0.3, -0.25) is 4.79 Å². The molecule has 0 radical (unpaired) electrons. The molecule has 0 aliphatic carbocycles. The van der Waals surface area contributed by atoms with E-state index < -0.39 is 11.4 Å². The van der Waals surface area contributed by atoms with Crippen molar-refractivity contribution >= 4 is 17.7 Å². The summed E-state index contributed by atoms with van der Waals surface area (Å²) >= 11 is 0. The van der Waals surface area contributed by atoms with Gasteiger partial charge in [-0.1, -0.05) is 18.2 Å². The lowest BCUT2D eigenvalue weighted by atomic mass is 9.85. The fourth-order valence-corrected chi connectivity index (χ4v) is 3.98. The Balaban J connectivity index is 1.65. The van der Waals surface area contributed by atoms with Crippen LogP contribution in [0.1, 0.15) is 39.2 Å². The minimum atomic E-state index is -0.768. The normalized spacial score (nSPS) is 20.9. The number of urea groups is 1. The molecule has 0 saturated carbocycles. The summed E-state index contributed by atoms with van der Waals surface area (Å²) in [6, 6.07) is 7.94. The second-order valence-electron chi connectivity index (χ2n) is 8.45. The average Bonchev–Trinajstić information content (AvgIpc) is 2.75. The van der Waals surface area contributed by atoms with Crippen LogP contribution in [0.4, 0.5) is 10.5 Å². The van der Waals surface area contributed by atoms with Gasteiger partial charge in [-0.25, -0.2) is 4.79 Å². The summed E-state index contributed by atoms with van der Waals surface area (Å²) < 4.78 is 0. The van der Waals surface area contributed by atoms with Crippen LogP contribution in [0.15, 0.2) is 24.3 Å². The van der Waals surface area contributed by atoms with E-state index in [0.717, 1.165) is 38.0 Å². The molecule has 1 saturated heterocycles. The van der Waals surface area contributed by atoms with Crippen LogP contribution in [0.25, 0.3) is 0 Å². The average molecular weight is 359 g/mol. The van der Waals surface area contributed by atoms with Gasteiger partial charge in [0.05, 0.1) is 5.41 Å². The molecule has 142 valence electrons. The summed E-state index contributed by atoms with van der Waals surface area (Å²) in [4.78, 5) is 28.4. The number of hydrogen-bond acceptors (Lipinski definition) is 3. The molecule has 6 nitrogen and oxygen atoms in total. The first-order valence-electron chi connectivity index (χ1n) is 9.34. The standard InChI is InChI=1S/C20H29N3O3/c1-19(2,17(24)25)14-22-12-9-20(3,10-13-22)23-11-8-15-6-4-5-7-16(15)21-18(23)26/h4-7H,8-14H2,1-3H3,(H,21,26)(H,24,25). The maximum Gasteiger partial charge on any atom is 0.322 e. The number of rotatable bonds is 4. The van der Waals surface area contributed by atoms with E-state index in [1.807, 2.05) is 23.1 Å². The van der Waals surface area contributed by atoms with Crippen LogP contribution in [0, 0.1) is 5.41 Å². The Hall–Kier alpha value is -2.08. The number of carboxylic acids is 1. The van der Waals surface area contributed by atoms with Gasteiger partial charge < -0.3 is 20.2 Å². The van der Waals surface area contributed by atoms with Gasteiger partial charge in [0.2, 0.25) is 0 Å². The molecule has 2 aliphatic rings. The number of anilines is 1. The number of amides is 2. The number of carbonyl (C=O) groups is 2. The molecule has 1 aromatic carbocycles. The maximum absolute atomic E-state index is 12.8. The monoisotopic (exact) mass is 359 g/mol. The third-order valence-electron chi connectivity index (χ3n) is 5.89. The van der Waals surface area contributed by atoms with Crippen molar-refractivity contribution in [2.24, 2.45) is 5.41 Å². The molecule has 2 amide bonds. The van der Waals surface area contributed by atoms with Gasteiger partial charge in [-0.15, -0.1) is 0 Å². The Morgan fingerprint density at radius 2 is 1.88 bits per heavy atom. The highest BCUT2D eigenvalue weighted by Gasteiger charge is 2.40. The van der Waals surface area contributed by atoms with E-state index >= 15 is 0 Å². The summed E-state index contributed by atoms with van der Waals surface area (Å²) in [7, 11) is 0. The van der Waals surface area contributed by atoms with Crippen molar-refractivity contribution in [3.05, 3.63) is 29.8 Å². The summed E-state index contributed by atoms with van der Waals surface area (Å²) in [5, 5.41) is 12.4. The maximum atomic E-state index is 12.8. The molecule has 0 atom stereocenters. The Kier molecular flexibility index (Phi) is 4.97. The number of aliphatic carboxylic acids is 1. The van der Waals surface area contributed by atoms with E-state index in [0.29, 0.717) is 13.1 Å². The van der Waals surface area contributed by atoms with E-state index in [2.05, 4.69) is 23.2 Å². The lowest BCUT2D eigenvalue weighted by Crippen LogP contribution is -2.57. The quantitative estimate of drug-likeness (QED) is 0.867. The molecule has 2 N–H and O–H groups in total. The third-order valence-corrected chi connectivity index (χ3v) is 5.89. The topological polar surface area (TPSA) is 72.9 Å². The highest BCUT2D eigenvalue weighted by molar-refractivity contribution is 5.91. The van der Waals surface area contributed by atoms with E-state index in [1.54, 1.807) is 13.8 Å². The molecule has 0 aromatic heterocycles. The van der Waals surface area contributed by atoms with Gasteiger partial charge in [-0.05, 0) is 51.7 Å². The number of fused-ring (bicyclic) bond motifs is 1. The number of para-hydroxylation sites is 1. The van der Waals surface area contributed by atoms with Gasteiger partial charge >= 0.3 is 12.0 Å². The van der Waals surface area contributed by atoms with Crippen LogP contribution >= 0.6 is 0 Å². The van der Waals surface area contributed by atoms with Crippen LogP contribution in [0.5, 0.6) is 0 Å². The Bertz CT molecular complexity index is 693. The number of nitrogens with zero attached hydrogens (tertiary/aromatic N) is 2. The van der Waals surface area contributed by atoms with E-state index in [1.165, 1.54) is 5.56 Å². The third kappa shape index (κ3) is 3.70. The second kappa shape index (κ2) is 6.91. The van der Waals surface area contributed by atoms with E-state index in [4.69, 9.17) is 0 Å². The van der Waals surface area contributed by atoms with Crippen molar-refractivity contribution in [1.82, 2.24) is 9.80 Å². The SMILES string of the molecule is CC(C)(CN1CCC(C)(N2CCc3ccccc3NC2=O)CC1)C(=O)O. The molecular formula is C20H29N3O3. The van der Waals surface area contributed by atoms with Gasteiger partial charge in [-0.2, -0.15) is 0 Å². The van der Waals surface area contributed by atoms with Crippen molar-refractivity contribution in [2.75, 3.05) is 31.5 Å². The first-order chi connectivity index (χ1) is 12.2. The van der Waals surface area contributed by atoms with Gasteiger partial charge in [0.15, 0.2) is 0 Å². The van der Waals surface area contributed by atoms with Crippen LogP contribution in [-0.4, -0.2) is 58.6 Å². The number of likely N-dealkylation sites (tertiary alicyclic amines) is 1. The molecule has 1 aromatic rings. The number of hydrogen-bond donors (Lipinski definition) is 2. The largest absolute Gasteiger partial charge is 0.481 e. The predicted octanol–water partition coefficient (Wildman–Crippen LogP) is 3.04. The molecule has 1 fully saturated rings. The van der Waals surface area contributed by atoms with Crippen molar-refractivity contribution in [3.8, 4) is 0 Å². The van der Waals surface area contributed by atoms with Crippen LogP contribution in [0.2, 0.25) is 0 Å². The first kappa shape index (κ1) is 18.7. The van der Waals surface area contributed by atoms with Crippen molar-refractivity contribution in [1.29, 1.82) is 0 Å². The van der Waals surface area contributed by atoms with E-state index in [9.17, 15) is 14.7 Å². The summed E-state index contributed by atoms with van der Waals surface area (Å²) in [6.07, 6.45) is 2.55. The predicted molar refractivity (Wildman–Crippen MR) is 101 cm³/mol. The number of carbonyl (C=O) groups excluding carboxylic acids is 1. The zero-order valence-electron chi connectivity index (χ0n) is 15.9. The molecule has 0 unspecified atom stereocenters. The number of piperidine rings is 1.